The molecule has 2 aromatic carbocycles. The predicted octanol–water partition coefficient (Wildman–Crippen LogP) is 3.74. The average Bonchev–Trinajstić information content (AvgIpc) is 2.48. The first-order valence-corrected chi connectivity index (χ1v) is 6.31. The minimum absolute atomic E-state index is 0.0779. The van der Waals surface area contributed by atoms with Crippen molar-refractivity contribution in [1.82, 2.24) is 0 Å². The lowest BCUT2D eigenvalue weighted by atomic mass is 10.2. The van der Waals surface area contributed by atoms with Gasteiger partial charge >= 0.3 is 6.16 Å². The molecule has 0 aliphatic heterocycles. The summed E-state index contributed by atoms with van der Waals surface area (Å²) in [5.74, 6) is 0.551. The fourth-order valence-electron chi connectivity index (χ4n) is 1.64. The summed E-state index contributed by atoms with van der Waals surface area (Å²) in [4.78, 5) is 21.5. The molecule has 0 aliphatic carbocycles. The summed E-state index contributed by atoms with van der Waals surface area (Å²) >= 11 is 0. The molecule has 2 aromatic rings. The third-order valence-corrected chi connectivity index (χ3v) is 2.78. The van der Waals surface area contributed by atoms with E-state index in [2.05, 4.69) is 0 Å². The second kappa shape index (κ2) is 6.51. The summed E-state index contributed by atoms with van der Waals surface area (Å²) in [6.45, 7) is 2.03. The molecule has 0 heterocycles. The van der Waals surface area contributed by atoms with Crippen LogP contribution in [-0.4, -0.2) is 11.1 Å². The molecular weight excluding hydrogens is 274 g/mol. The summed E-state index contributed by atoms with van der Waals surface area (Å²) in [6.07, 6.45) is 0.00107. The van der Waals surface area contributed by atoms with E-state index < -0.39 is 11.1 Å². The molecule has 0 fully saturated rings. The highest BCUT2D eigenvalue weighted by Gasteiger charge is 2.10. The number of nitro groups is 1. The van der Waals surface area contributed by atoms with Crippen molar-refractivity contribution >= 4 is 11.8 Å². The maximum absolute atomic E-state index is 11.6. The summed E-state index contributed by atoms with van der Waals surface area (Å²) in [6, 6.07) is 12.2. The minimum Gasteiger partial charge on any atom is -0.395 e. The van der Waals surface area contributed by atoms with E-state index in [0.717, 1.165) is 12.0 Å². The van der Waals surface area contributed by atoms with E-state index in [0.29, 0.717) is 5.75 Å². The van der Waals surface area contributed by atoms with Crippen LogP contribution in [0.5, 0.6) is 11.5 Å². The van der Waals surface area contributed by atoms with Gasteiger partial charge in [-0.3, -0.25) is 10.1 Å². The standard InChI is InChI=1S/C15H13NO5/c1-2-11-3-7-13(8-4-11)20-15(17)21-14-9-5-12(6-10-14)16(18)19/h3-10H,2H2,1H3. The van der Waals surface area contributed by atoms with Crippen molar-refractivity contribution in [2.45, 2.75) is 13.3 Å². The van der Waals surface area contributed by atoms with Crippen LogP contribution in [0.15, 0.2) is 48.5 Å². The summed E-state index contributed by atoms with van der Waals surface area (Å²) in [5, 5.41) is 10.5. The number of aryl methyl sites for hydroxylation is 1. The monoisotopic (exact) mass is 287 g/mol. The van der Waals surface area contributed by atoms with Gasteiger partial charge in [-0.2, -0.15) is 0 Å². The topological polar surface area (TPSA) is 78.7 Å². The Kier molecular flexibility index (Phi) is 4.50. The zero-order valence-electron chi connectivity index (χ0n) is 11.3. The molecule has 0 spiro atoms. The zero-order chi connectivity index (χ0) is 15.2. The van der Waals surface area contributed by atoms with Crippen LogP contribution in [0, 0.1) is 10.1 Å². The molecule has 0 amide bonds. The molecule has 0 saturated heterocycles. The molecule has 0 radical (unpaired) electrons. The lowest BCUT2D eigenvalue weighted by Crippen LogP contribution is -2.13. The van der Waals surface area contributed by atoms with E-state index in [1.54, 1.807) is 12.1 Å². The normalized spacial score (nSPS) is 9.95. The molecule has 0 saturated carbocycles. The first kappa shape index (κ1) is 14.5. The van der Waals surface area contributed by atoms with Gasteiger partial charge in [0, 0.05) is 12.1 Å². The Morgan fingerprint density at radius 1 is 1.00 bits per heavy atom. The predicted molar refractivity (Wildman–Crippen MR) is 75.6 cm³/mol. The van der Waals surface area contributed by atoms with Gasteiger partial charge in [-0.25, -0.2) is 4.79 Å². The highest BCUT2D eigenvalue weighted by molar-refractivity contribution is 5.67. The highest BCUT2D eigenvalue weighted by atomic mass is 16.7. The van der Waals surface area contributed by atoms with Crippen LogP contribution in [0.3, 0.4) is 0 Å². The number of non-ortho nitro benzene ring substituents is 1. The van der Waals surface area contributed by atoms with Crippen LogP contribution in [-0.2, 0) is 6.42 Å². The van der Waals surface area contributed by atoms with Gasteiger partial charge in [0.2, 0.25) is 0 Å². The number of benzene rings is 2. The van der Waals surface area contributed by atoms with Gasteiger partial charge in [0.05, 0.1) is 4.92 Å². The van der Waals surface area contributed by atoms with Crippen molar-refractivity contribution in [3.05, 3.63) is 64.2 Å². The molecule has 0 atom stereocenters. The molecule has 0 bridgehead atoms. The number of ether oxygens (including phenoxy) is 2. The van der Waals surface area contributed by atoms with Gasteiger partial charge in [0.1, 0.15) is 11.5 Å². The van der Waals surface area contributed by atoms with E-state index in [1.807, 2.05) is 19.1 Å². The summed E-state index contributed by atoms with van der Waals surface area (Å²) < 4.78 is 9.93. The molecule has 0 aliphatic rings. The van der Waals surface area contributed by atoms with Crippen molar-refractivity contribution in [2.75, 3.05) is 0 Å². The average molecular weight is 287 g/mol. The first-order valence-electron chi connectivity index (χ1n) is 6.31. The van der Waals surface area contributed by atoms with Crippen molar-refractivity contribution in [3.63, 3.8) is 0 Å². The largest absolute Gasteiger partial charge is 0.519 e. The Labute approximate surface area is 121 Å². The second-order valence-corrected chi connectivity index (χ2v) is 4.20. The molecule has 0 aromatic heterocycles. The Hall–Kier alpha value is -2.89. The molecule has 21 heavy (non-hydrogen) atoms. The van der Waals surface area contributed by atoms with Gasteiger partial charge in [-0.1, -0.05) is 19.1 Å². The Morgan fingerprint density at radius 2 is 1.48 bits per heavy atom. The lowest BCUT2D eigenvalue weighted by Gasteiger charge is -2.05. The number of rotatable bonds is 4. The number of carbonyl (C=O) groups excluding carboxylic acids is 1. The number of hydrogen-bond donors (Lipinski definition) is 0. The molecular formula is C15H13NO5. The Bertz CT molecular complexity index is 634. The molecule has 108 valence electrons. The second-order valence-electron chi connectivity index (χ2n) is 4.20. The van der Waals surface area contributed by atoms with Crippen molar-refractivity contribution in [1.29, 1.82) is 0 Å². The van der Waals surface area contributed by atoms with Gasteiger partial charge in [0.25, 0.3) is 5.69 Å². The molecule has 0 N–H and O–H groups in total. The first-order chi connectivity index (χ1) is 10.1. The third-order valence-electron chi connectivity index (χ3n) is 2.78. The van der Waals surface area contributed by atoms with E-state index >= 15 is 0 Å². The van der Waals surface area contributed by atoms with Crippen LogP contribution in [0.1, 0.15) is 12.5 Å². The number of nitrogens with zero attached hydrogens (tertiary/aromatic N) is 1. The quantitative estimate of drug-likeness (QED) is 0.370. The van der Waals surface area contributed by atoms with Crippen molar-refractivity contribution in [3.8, 4) is 11.5 Å². The minimum atomic E-state index is -0.895. The smallest absolute Gasteiger partial charge is 0.395 e. The SMILES string of the molecule is CCc1ccc(OC(=O)Oc2ccc([N+](=O)[O-])cc2)cc1. The summed E-state index contributed by atoms with van der Waals surface area (Å²) in [7, 11) is 0. The van der Waals surface area contributed by atoms with E-state index in [1.165, 1.54) is 24.3 Å². The maximum atomic E-state index is 11.6. The molecule has 6 heteroatoms. The zero-order valence-corrected chi connectivity index (χ0v) is 11.3. The van der Waals surface area contributed by atoms with E-state index in [-0.39, 0.29) is 11.4 Å². The molecule has 6 nitrogen and oxygen atoms in total. The highest BCUT2D eigenvalue weighted by Crippen LogP contribution is 2.19. The van der Waals surface area contributed by atoms with Crippen LogP contribution in [0.25, 0.3) is 0 Å². The molecule has 0 unspecified atom stereocenters. The summed E-state index contributed by atoms with van der Waals surface area (Å²) in [5.41, 5.74) is 1.05. The molecule has 2 rings (SSSR count). The van der Waals surface area contributed by atoms with Gasteiger partial charge in [-0.05, 0) is 36.2 Å². The van der Waals surface area contributed by atoms with E-state index in [4.69, 9.17) is 9.47 Å². The number of carbonyl (C=O) groups is 1. The number of hydrogen-bond acceptors (Lipinski definition) is 5. The van der Waals surface area contributed by atoms with Crippen LogP contribution in [0.4, 0.5) is 10.5 Å². The Morgan fingerprint density at radius 3 is 1.90 bits per heavy atom. The lowest BCUT2D eigenvalue weighted by molar-refractivity contribution is -0.384. The van der Waals surface area contributed by atoms with Gasteiger partial charge in [-0.15, -0.1) is 0 Å². The fraction of sp³-hybridized carbons (Fsp3) is 0.133. The van der Waals surface area contributed by atoms with Crippen molar-refractivity contribution in [2.24, 2.45) is 0 Å². The Balaban J connectivity index is 1.95. The van der Waals surface area contributed by atoms with Crippen molar-refractivity contribution < 1.29 is 19.2 Å². The maximum Gasteiger partial charge on any atom is 0.519 e. The van der Waals surface area contributed by atoms with Gasteiger partial charge in [0.15, 0.2) is 0 Å². The van der Waals surface area contributed by atoms with E-state index in [9.17, 15) is 14.9 Å². The van der Waals surface area contributed by atoms with Crippen LogP contribution >= 0.6 is 0 Å². The van der Waals surface area contributed by atoms with Crippen LogP contribution < -0.4 is 9.47 Å². The fourth-order valence-corrected chi connectivity index (χ4v) is 1.64. The third kappa shape index (κ3) is 4.04. The van der Waals surface area contributed by atoms with Gasteiger partial charge < -0.3 is 9.47 Å². The number of nitro benzene ring substituents is 1. The van der Waals surface area contributed by atoms with Crippen LogP contribution in [0.2, 0.25) is 0 Å².